The largest absolute Gasteiger partial charge is 0.497 e. The summed E-state index contributed by atoms with van der Waals surface area (Å²) in [6, 6.07) is 7.67. The average molecular weight is 416 g/mol. The van der Waals surface area contributed by atoms with Gasteiger partial charge in [-0.3, -0.25) is 14.4 Å². The zero-order valence-corrected chi connectivity index (χ0v) is 18.6. The molecule has 0 atom stereocenters. The number of aromatic nitrogens is 3. The maximum atomic E-state index is 13.5. The molecule has 0 saturated heterocycles. The van der Waals surface area contributed by atoms with Gasteiger partial charge in [-0.1, -0.05) is 25.2 Å². The molecule has 1 aromatic carbocycles. The molecule has 0 aliphatic heterocycles. The minimum absolute atomic E-state index is 0.0747. The number of hydrogen-bond acceptors (Lipinski definition) is 6. The van der Waals surface area contributed by atoms with Gasteiger partial charge in [0.05, 0.1) is 17.3 Å². The van der Waals surface area contributed by atoms with Crippen molar-refractivity contribution in [3.05, 3.63) is 36.2 Å². The highest BCUT2D eigenvalue weighted by molar-refractivity contribution is 7.22. The van der Waals surface area contributed by atoms with Crippen LogP contribution in [0.1, 0.15) is 44.2 Å². The van der Waals surface area contributed by atoms with Crippen molar-refractivity contribution in [1.29, 1.82) is 0 Å². The lowest BCUT2D eigenvalue weighted by Crippen LogP contribution is -2.39. The summed E-state index contributed by atoms with van der Waals surface area (Å²) in [6.45, 7) is 11.6. The highest BCUT2D eigenvalue weighted by Gasteiger charge is 2.25. The predicted molar refractivity (Wildman–Crippen MR) is 118 cm³/mol. The highest BCUT2D eigenvalue weighted by Crippen LogP contribution is 2.32. The summed E-state index contributed by atoms with van der Waals surface area (Å²) in [5, 5.41) is 5.03. The molecule has 0 aliphatic rings. The van der Waals surface area contributed by atoms with E-state index in [1.54, 1.807) is 29.0 Å². The Bertz CT molecular complexity index is 961. The number of carbonyl (C=O) groups is 1. The van der Waals surface area contributed by atoms with Crippen LogP contribution in [0.25, 0.3) is 10.2 Å². The van der Waals surface area contributed by atoms with E-state index in [0.29, 0.717) is 17.4 Å². The molecule has 3 aromatic rings. The average Bonchev–Trinajstić information content (AvgIpc) is 3.37. The van der Waals surface area contributed by atoms with Gasteiger partial charge < -0.3 is 9.64 Å². The summed E-state index contributed by atoms with van der Waals surface area (Å²) in [4.78, 5) is 22.3. The first-order chi connectivity index (χ1) is 14.0. The third kappa shape index (κ3) is 4.59. The van der Waals surface area contributed by atoms with E-state index >= 15 is 0 Å². The van der Waals surface area contributed by atoms with Gasteiger partial charge in [0, 0.05) is 25.3 Å². The number of carbonyl (C=O) groups excluding carboxylic acids is 1. The number of rotatable bonds is 9. The van der Waals surface area contributed by atoms with Crippen LogP contribution in [0, 0.1) is 0 Å². The van der Waals surface area contributed by atoms with Gasteiger partial charge >= 0.3 is 0 Å². The normalized spacial score (nSPS) is 11.6. The monoisotopic (exact) mass is 415 g/mol. The van der Waals surface area contributed by atoms with E-state index in [-0.39, 0.29) is 11.9 Å². The Labute approximate surface area is 175 Å². The number of likely N-dealkylation sites (N-methyl/N-ethyl adjacent to an activating group) is 1. The Balaban J connectivity index is 1.98. The topological polar surface area (TPSA) is 63.5 Å². The van der Waals surface area contributed by atoms with Crippen LogP contribution < -0.4 is 9.64 Å². The fourth-order valence-electron chi connectivity index (χ4n) is 3.23. The summed E-state index contributed by atoms with van der Waals surface area (Å²) in [5.41, 5.74) is 1.44. The fraction of sp³-hybridized carbons (Fsp3) is 0.476. The number of hydrogen-bond donors (Lipinski definition) is 0. The molecular formula is C21H29N5O2S. The SMILES string of the molecule is CCN(CC)CCN(C(=O)c1ccnn1C(C)C)c1nc2ccc(OC)cc2s1. The van der Waals surface area contributed by atoms with Gasteiger partial charge in [0.25, 0.3) is 5.91 Å². The molecule has 0 fully saturated rings. The Kier molecular flexibility index (Phi) is 6.87. The predicted octanol–water partition coefficient (Wildman–Crippen LogP) is 4.07. The lowest BCUT2D eigenvalue weighted by Gasteiger charge is -2.25. The molecule has 0 bridgehead atoms. The van der Waals surface area contributed by atoms with Crippen molar-refractivity contribution in [2.45, 2.75) is 33.7 Å². The summed E-state index contributed by atoms with van der Waals surface area (Å²) in [6.07, 6.45) is 1.68. The van der Waals surface area contributed by atoms with Crippen LogP contribution in [0.2, 0.25) is 0 Å². The first kappa shape index (κ1) is 21.3. The molecule has 156 valence electrons. The van der Waals surface area contributed by atoms with Crippen molar-refractivity contribution in [2.75, 3.05) is 38.2 Å². The summed E-state index contributed by atoms with van der Waals surface area (Å²) < 4.78 is 8.09. The highest BCUT2D eigenvalue weighted by atomic mass is 32.1. The lowest BCUT2D eigenvalue weighted by atomic mass is 10.3. The minimum Gasteiger partial charge on any atom is -0.497 e. The molecule has 7 nitrogen and oxygen atoms in total. The molecule has 0 saturated carbocycles. The third-order valence-corrected chi connectivity index (χ3v) is 6.01. The minimum atomic E-state index is -0.0747. The third-order valence-electron chi connectivity index (χ3n) is 4.97. The van der Waals surface area contributed by atoms with Gasteiger partial charge in [0.15, 0.2) is 5.13 Å². The molecule has 0 aliphatic carbocycles. The quantitative estimate of drug-likeness (QED) is 0.527. The fourth-order valence-corrected chi connectivity index (χ4v) is 4.25. The number of methoxy groups -OCH3 is 1. The van der Waals surface area contributed by atoms with E-state index in [0.717, 1.165) is 35.6 Å². The van der Waals surface area contributed by atoms with E-state index in [4.69, 9.17) is 9.72 Å². The van der Waals surface area contributed by atoms with Crippen molar-refractivity contribution >= 4 is 32.6 Å². The molecular weight excluding hydrogens is 386 g/mol. The van der Waals surface area contributed by atoms with Crippen molar-refractivity contribution in [3.63, 3.8) is 0 Å². The van der Waals surface area contributed by atoms with E-state index in [1.807, 2.05) is 32.0 Å². The Morgan fingerprint density at radius 1 is 1.21 bits per heavy atom. The molecule has 3 rings (SSSR count). The molecule has 0 radical (unpaired) electrons. The first-order valence-corrected chi connectivity index (χ1v) is 10.8. The van der Waals surface area contributed by atoms with Crippen LogP contribution in [-0.2, 0) is 0 Å². The molecule has 2 heterocycles. The number of fused-ring (bicyclic) bond motifs is 1. The van der Waals surface area contributed by atoms with Crippen LogP contribution in [0.4, 0.5) is 5.13 Å². The number of nitrogens with zero attached hydrogens (tertiary/aromatic N) is 5. The molecule has 29 heavy (non-hydrogen) atoms. The summed E-state index contributed by atoms with van der Waals surface area (Å²) in [5.74, 6) is 0.709. The molecule has 1 amide bonds. The van der Waals surface area contributed by atoms with E-state index in [1.165, 1.54) is 11.3 Å². The van der Waals surface area contributed by atoms with Crippen molar-refractivity contribution in [2.24, 2.45) is 0 Å². The first-order valence-electron chi connectivity index (χ1n) is 10.0. The maximum Gasteiger partial charge on any atom is 0.278 e. The van der Waals surface area contributed by atoms with Crippen molar-refractivity contribution in [1.82, 2.24) is 19.7 Å². The number of anilines is 1. The number of thiazole rings is 1. The van der Waals surface area contributed by atoms with Crippen LogP contribution in [0.3, 0.4) is 0 Å². The van der Waals surface area contributed by atoms with Gasteiger partial charge in [-0.15, -0.1) is 0 Å². The van der Waals surface area contributed by atoms with Crippen molar-refractivity contribution in [3.8, 4) is 5.75 Å². The summed E-state index contributed by atoms with van der Waals surface area (Å²) >= 11 is 1.51. The molecule has 0 N–H and O–H groups in total. The zero-order valence-electron chi connectivity index (χ0n) is 17.8. The van der Waals surface area contributed by atoms with Gasteiger partial charge in [-0.2, -0.15) is 5.10 Å². The lowest BCUT2D eigenvalue weighted by molar-refractivity contribution is 0.0971. The Hall–Kier alpha value is -2.45. The second-order valence-electron chi connectivity index (χ2n) is 7.07. The molecule has 2 aromatic heterocycles. The van der Waals surface area contributed by atoms with E-state index < -0.39 is 0 Å². The van der Waals surface area contributed by atoms with E-state index in [2.05, 4.69) is 23.8 Å². The van der Waals surface area contributed by atoms with E-state index in [9.17, 15) is 4.79 Å². The molecule has 0 spiro atoms. The van der Waals surface area contributed by atoms with Crippen LogP contribution in [0.5, 0.6) is 5.75 Å². The summed E-state index contributed by atoms with van der Waals surface area (Å²) in [7, 11) is 1.65. The van der Waals surface area contributed by atoms with Crippen LogP contribution in [-0.4, -0.2) is 58.9 Å². The molecule has 0 unspecified atom stereocenters. The number of amides is 1. The molecule has 8 heteroatoms. The standard InChI is InChI=1S/C21H29N5O2S/c1-6-24(7-2)12-13-25(20(27)18-10-11-22-26(18)15(3)4)21-23-17-9-8-16(28-5)14-19(17)29-21/h8-11,14-15H,6-7,12-13H2,1-5H3. The smallest absolute Gasteiger partial charge is 0.278 e. The Morgan fingerprint density at radius 3 is 2.62 bits per heavy atom. The number of ether oxygens (including phenoxy) is 1. The zero-order chi connectivity index (χ0) is 21.0. The van der Waals surface area contributed by atoms with Gasteiger partial charge in [0.2, 0.25) is 0 Å². The van der Waals surface area contributed by atoms with Crippen LogP contribution in [0.15, 0.2) is 30.5 Å². The second kappa shape index (κ2) is 9.37. The number of benzene rings is 1. The van der Waals surface area contributed by atoms with Gasteiger partial charge in [-0.05, 0) is 51.2 Å². The van der Waals surface area contributed by atoms with Gasteiger partial charge in [0.1, 0.15) is 11.4 Å². The van der Waals surface area contributed by atoms with Gasteiger partial charge in [-0.25, -0.2) is 4.98 Å². The maximum absolute atomic E-state index is 13.5. The Morgan fingerprint density at radius 2 is 1.97 bits per heavy atom. The van der Waals surface area contributed by atoms with Crippen molar-refractivity contribution < 1.29 is 9.53 Å². The van der Waals surface area contributed by atoms with Crippen LogP contribution >= 0.6 is 11.3 Å². The second-order valence-corrected chi connectivity index (χ2v) is 8.08.